The zero-order valence-corrected chi connectivity index (χ0v) is 25.8. The quantitative estimate of drug-likeness (QED) is 0.173. The van der Waals surface area contributed by atoms with E-state index in [1.165, 1.54) is 25.0 Å². The lowest BCUT2D eigenvalue weighted by atomic mass is 10.0. The third-order valence-corrected chi connectivity index (χ3v) is 9.19. The molecule has 0 amide bonds. The fourth-order valence-electron chi connectivity index (χ4n) is 6.84. The second-order valence-corrected chi connectivity index (χ2v) is 12.6. The van der Waals surface area contributed by atoms with Crippen LogP contribution in [0.1, 0.15) is 24.8 Å². The summed E-state index contributed by atoms with van der Waals surface area (Å²) < 4.78 is 48.3. The fraction of sp³-hybridized carbons (Fsp3) is 0.306. The normalized spacial score (nSPS) is 16.9. The molecular weight excluding hydrogens is 603 g/mol. The van der Waals surface area contributed by atoms with Crippen LogP contribution in [-0.4, -0.2) is 80.2 Å². The van der Waals surface area contributed by atoms with Crippen LogP contribution in [0.15, 0.2) is 73.2 Å². The molecule has 0 atom stereocenters. The highest BCUT2D eigenvalue weighted by atomic mass is 19.3. The Kier molecular flexibility index (Phi) is 7.65. The van der Waals surface area contributed by atoms with Gasteiger partial charge in [0.05, 0.1) is 17.8 Å². The number of nitrogens with zero attached hydrogens (tertiary/aromatic N) is 5. The largest absolute Gasteiger partial charge is 0.492 e. The molecule has 240 valence electrons. The van der Waals surface area contributed by atoms with Crippen molar-refractivity contribution in [2.45, 2.75) is 31.7 Å². The molecule has 6 heterocycles. The summed E-state index contributed by atoms with van der Waals surface area (Å²) >= 11 is 0. The van der Waals surface area contributed by atoms with Crippen molar-refractivity contribution in [2.75, 3.05) is 39.3 Å². The number of benzene rings is 2. The van der Waals surface area contributed by atoms with Crippen LogP contribution < -0.4 is 4.74 Å². The molecule has 0 radical (unpaired) electrons. The molecule has 2 N–H and O–H groups in total. The van der Waals surface area contributed by atoms with Gasteiger partial charge in [0.2, 0.25) is 0 Å². The highest BCUT2D eigenvalue weighted by Gasteiger charge is 2.38. The molecule has 2 fully saturated rings. The van der Waals surface area contributed by atoms with Crippen LogP contribution in [0.5, 0.6) is 5.75 Å². The Bertz CT molecular complexity index is 2070. The van der Waals surface area contributed by atoms with Crippen LogP contribution in [0.4, 0.5) is 13.2 Å². The number of nitrogens with one attached hydrogen (secondary N) is 2. The summed E-state index contributed by atoms with van der Waals surface area (Å²) in [6, 6.07) is 16.7. The summed E-state index contributed by atoms with van der Waals surface area (Å²) in [5, 5.41) is 9.50. The number of likely N-dealkylation sites (tertiary alicyclic amines) is 2. The molecular formula is C36H34F3N7O. The maximum atomic E-state index is 14.8. The standard InChI is InChI=1S/C36H34F3N7O/c37-27-14-25(15-28(17-27)47-12-11-45-8-1-2-9-45)29-5-7-41-35-30(29)18-33(42-35)34-31-16-24(3-4-32(31)43-44-34)26-13-23(19-40-20-26)21-46-10-6-36(38,39)22-46/h3-5,7,13-20H,1-2,6,8-12,21-22H2,(H,41,42)(H,43,44). The van der Waals surface area contributed by atoms with Crippen molar-refractivity contribution in [3.63, 3.8) is 0 Å². The summed E-state index contributed by atoms with van der Waals surface area (Å²) in [4.78, 5) is 16.5. The van der Waals surface area contributed by atoms with Crippen LogP contribution >= 0.6 is 0 Å². The highest BCUT2D eigenvalue weighted by Crippen LogP contribution is 2.36. The van der Waals surface area contributed by atoms with Gasteiger partial charge in [0.15, 0.2) is 0 Å². The molecule has 0 saturated carbocycles. The molecule has 4 aromatic heterocycles. The van der Waals surface area contributed by atoms with Crippen molar-refractivity contribution in [1.29, 1.82) is 0 Å². The fourth-order valence-corrected chi connectivity index (χ4v) is 6.84. The molecule has 6 aromatic rings. The van der Waals surface area contributed by atoms with Gasteiger partial charge in [-0.25, -0.2) is 18.2 Å². The second kappa shape index (κ2) is 12.1. The number of hydrogen-bond donors (Lipinski definition) is 2. The Morgan fingerprint density at radius 1 is 0.872 bits per heavy atom. The van der Waals surface area contributed by atoms with Gasteiger partial charge in [-0.2, -0.15) is 5.10 Å². The van der Waals surface area contributed by atoms with E-state index in [9.17, 15) is 13.2 Å². The van der Waals surface area contributed by atoms with Crippen LogP contribution in [0.25, 0.3) is 55.6 Å². The molecule has 2 saturated heterocycles. The average molecular weight is 638 g/mol. The number of fused-ring (bicyclic) bond motifs is 2. The van der Waals surface area contributed by atoms with Gasteiger partial charge >= 0.3 is 0 Å². The number of H-pyrrole nitrogens is 2. The number of halogens is 3. The van der Waals surface area contributed by atoms with Crippen molar-refractivity contribution in [1.82, 2.24) is 34.9 Å². The number of alkyl halides is 2. The summed E-state index contributed by atoms with van der Waals surface area (Å²) in [6.07, 6.45) is 7.55. The number of rotatable bonds is 9. The lowest BCUT2D eigenvalue weighted by Gasteiger charge is -2.15. The first-order valence-corrected chi connectivity index (χ1v) is 16.0. The molecule has 11 heteroatoms. The zero-order chi connectivity index (χ0) is 32.0. The van der Waals surface area contributed by atoms with Gasteiger partial charge in [-0.15, -0.1) is 0 Å². The van der Waals surface area contributed by atoms with E-state index < -0.39 is 5.92 Å². The van der Waals surface area contributed by atoms with E-state index in [4.69, 9.17) is 4.74 Å². The van der Waals surface area contributed by atoms with Gasteiger partial charge in [0, 0.05) is 67.0 Å². The van der Waals surface area contributed by atoms with Gasteiger partial charge in [-0.05, 0) is 90.6 Å². The molecule has 2 aliphatic rings. The lowest BCUT2D eigenvalue weighted by Crippen LogP contribution is -2.25. The topological polar surface area (TPSA) is 86.0 Å². The Morgan fingerprint density at radius 2 is 1.77 bits per heavy atom. The number of aromatic amines is 2. The van der Waals surface area contributed by atoms with E-state index in [0.717, 1.165) is 69.6 Å². The third-order valence-electron chi connectivity index (χ3n) is 9.19. The molecule has 2 aliphatic heterocycles. The zero-order valence-electron chi connectivity index (χ0n) is 25.8. The van der Waals surface area contributed by atoms with E-state index in [-0.39, 0.29) is 18.8 Å². The summed E-state index contributed by atoms with van der Waals surface area (Å²) in [6.45, 7) is 4.08. The molecule has 8 nitrogen and oxygen atoms in total. The first-order chi connectivity index (χ1) is 22.9. The molecule has 0 aliphatic carbocycles. The number of hydrogen-bond acceptors (Lipinski definition) is 6. The van der Waals surface area contributed by atoms with Crippen molar-refractivity contribution in [2.24, 2.45) is 0 Å². The number of ether oxygens (including phenoxy) is 1. The summed E-state index contributed by atoms with van der Waals surface area (Å²) in [5.74, 6) is -2.49. The van der Waals surface area contributed by atoms with E-state index >= 15 is 0 Å². The van der Waals surface area contributed by atoms with Gasteiger partial charge in [0.25, 0.3) is 5.92 Å². The van der Waals surface area contributed by atoms with Crippen LogP contribution in [0.3, 0.4) is 0 Å². The minimum atomic E-state index is -2.63. The third kappa shape index (κ3) is 6.20. The predicted octanol–water partition coefficient (Wildman–Crippen LogP) is 7.29. The second-order valence-electron chi connectivity index (χ2n) is 12.6. The van der Waals surface area contributed by atoms with E-state index in [1.807, 2.05) is 36.4 Å². The van der Waals surface area contributed by atoms with Crippen LogP contribution in [0.2, 0.25) is 0 Å². The maximum Gasteiger partial charge on any atom is 0.261 e. The minimum Gasteiger partial charge on any atom is -0.492 e. The van der Waals surface area contributed by atoms with Gasteiger partial charge in [-0.3, -0.25) is 19.9 Å². The Morgan fingerprint density at radius 3 is 2.62 bits per heavy atom. The molecule has 2 aromatic carbocycles. The van der Waals surface area contributed by atoms with Crippen molar-refractivity contribution in [3.8, 4) is 39.4 Å². The van der Waals surface area contributed by atoms with Crippen LogP contribution in [0, 0.1) is 5.82 Å². The van der Waals surface area contributed by atoms with Crippen molar-refractivity contribution < 1.29 is 17.9 Å². The summed E-state index contributed by atoms with van der Waals surface area (Å²) in [7, 11) is 0. The highest BCUT2D eigenvalue weighted by molar-refractivity contribution is 6.00. The predicted molar refractivity (Wildman–Crippen MR) is 176 cm³/mol. The van der Waals surface area contributed by atoms with Gasteiger partial charge < -0.3 is 9.72 Å². The molecule has 0 unspecified atom stereocenters. The number of aromatic nitrogens is 5. The molecule has 0 spiro atoms. The molecule has 8 rings (SSSR count). The Labute approximate surface area is 269 Å². The van der Waals surface area contributed by atoms with E-state index in [1.54, 1.807) is 23.5 Å². The molecule has 47 heavy (non-hydrogen) atoms. The minimum absolute atomic E-state index is 0.110. The van der Waals surface area contributed by atoms with Gasteiger partial charge in [0.1, 0.15) is 29.5 Å². The average Bonchev–Trinajstić information content (AvgIpc) is 3.87. The van der Waals surface area contributed by atoms with E-state index in [0.29, 0.717) is 36.7 Å². The smallest absolute Gasteiger partial charge is 0.261 e. The Balaban J connectivity index is 1.08. The van der Waals surface area contributed by atoms with E-state index in [2.05, 4.69) is 36.1 Å². The van der Waals surface area contributed by atoms with Gasteiger partial charge in [-0.1, -0.05) is 6.07 Å². The van der Waals surface area contributed by atoms with Crippen molar-refractivity contribution >= 4 is 21.9 Å². The molecule has 0 bridgehead atoms. The maximum absolute atomic E-state index is 14.8. The lowest BCUT2D eigenvalue weighted by molar-refractivity contribution is 0.0115. The van der Waals surface area contributed by atoms with Crippen LogP contribution in [-0.2, 0) is 6.54 Å². The first kappa shape index (κ1) is 29.6. The number of pyridine rings is 2. The Hall–Kier alpha value is -4.74. The monoisotopic (exact) mass is 637 g/mol. The SMILES string of the molecule is Fc1cc(OCCN2CCCC2)cc(-c2ccnc3[nH]c(-c4n[nH]c5ccc(-c6cncc(CN7CCC(F)(F)C7)c6)cc45)cc23)c1. The first-order valence-electron chi connectivity index (χ1n) is 16.0. The van der Waals surface area contributed by atoms with Crippen molar-refractivity contribution in [3.05, 3.63) is 84.6 Å². The summed E-state index contributed by atoms with van der Waals surface area (Å²) in [5.41, 5.74) is 7.28.